The van der Waals surface area contributed by atoms with Gasteiger partial charge in [-0.2, -0.15) is 0 Å². The average Bonchev–Trinajstić information content (AvgIpc) is 1.70. The van der Waals surface area contributed by atoms with Gasteiger partial charge in [0.1, 0.15) is 0 Å². The first-order chi connectivity index (χ1) is 6.79. The summed E-state index contributed by atoms with van der Waals surface area (Å²) in [7, 11) is 0. The van der Waals surface area contributed by atoms with E-state index in [1.54, 1.807) is 0 Å². The molecule has 0 saturated heterocycles. The van der Waals surface area contributed by atoms with Crippen molar-refractivity contribution >= 4 is 0 Å². The van der Waals surface area contributed by atoms with Gasteiger partial charge in [-0.25, -0.2) is 0 Å². The Hall–Kier alpha value is 0.702. The van der Waals surface area contributed by atoms with Crippen LogP contribution in [0.4, 0.5) is 0 Å². The molecular weight excluding hydrogens is 280 g/mol. The second-order valence-corrected chi connectivity index (χ2v) is 8.21. The van der Waals surface area contributed by atoms with Crippen LogP contribution in [0.1, 0.15) is 62.3 Å². The molecule has 0 aliphatic heterocycles. The summed E-state index contributed by atoms with van der Waals surface area (Å²) >= 11 is -1.96. The van der Waals surface area contributed by atoms with E-state index in [1.807, 2.05) is 62.3 Å². The van der Waals surface area contributed by atoms with Crippen molar-refractivity contribution in [3.05, 3.63) is 0 Å². The zero-order valence-corrected chi connectivity index (χ0v) is 14.5. The van der Waals surface area contributed by atoms with Crippen LogP contribution < -0.4 is 12.4 Å². The second kappa shape index (κ2) is 6.75. The Morgan fingerprint density at radius 2 is 0.706 bits per heavy atom. The first kappa shape index (κ1) is 20.0. The molecule has 0 N–H and O–H groups in total. The molecule has 0 aliphatic carbocycles. The van der Waals surface area contributed by atoms with Crippen LogP contribution in [0.2, 0.25) is 0 Å². The first-order valence-corrected chi connectivity index (χ1v) is 7.17. The van der Waals surface area contributed by atoms with Crippen LogP contribution in [0.3, 0.4) is 0 Å². The fourth-order valence-corrected chi connectivity index (χ4v) is 2.74. The summed E-state index contributed by atoms with van der Waals surface area (Å²) in [4.78, 5) is 0. The quantitative estimate of drug-likeness (QED) is 0.772. The zero-order valence-electron chi connectivity index (χ0n) is 12.5. The third kappa shape index (κ3) is 14.6. The Balaban J connectivity index is 0. The van der Waals surface area contributed by atoms with Crippen molar-refractivity contribution in [3.63, 3.8) is 0 Å². The van der Waals surface area contributed by atoms with Crippen molar-refractivity contribution in [1.82, 2.24) is 0 Å². The number of hydrogen-bond donors (Lipinski definition) is 0. The minimum absolute atomic E-state index is 0. The van der Waals surface area contributed by atoms with Gasteiger partial charge in [0.15, 0.2) is 0 Å². The van der Waals surface area contributed by atoms with Gasteiger partial charge >= 0.3 is 106 Å². The molecule has 0 heterocycles. The van der Waals surface area contributed by atoms with E-state index < -0.39 is 15.1 Å². The maximum absolute atomic E-state index is 5.87. The van der Waals surface area contributed by atoms with Crippen molar-refractivity contribution in [1.29, 1.82) is 0 Å². The van der Waals surface area contributed by atoms with Gasteiger partial charge in [-0.3, -0.25) is 0 Å². The van der Waals surface area contributed by atoms with Crippen molar-refractivity contribution in [3.8, 4) is 0 Å². The topological polar surface area (TPSA) is 27.7 Å². The van der Waals surface area contributed by atoms with Crippen molar-refractivity contribution in [2.24, 2.45) is 0 Å². The Bertz CT molecular complexity index is 175. The molecule has 0 bridgehead atoms. The first-order valence-electron chi connectivity index (χ1n) is 5.61. The molecule has 5 heteroatoms. The Morgan fingerprint density at radius 1 is 0.529 bits per heavy atom. The standard InChI is InChI=1S/3C4H9O.ClH.Cr/c3*1-4(2,3)5;;/h3*1-3H3;1H;/q3*-1;;+4/p-1. The van der Waals surface area contributed by atoms with Crippen LogP contribution in [0.5, 0.6) is 0 Å². The molecule has 0 saturated carbocycles. The van der Waals surface area contributed by atoms with Crippen LogP contribution in [0, 0.1) is 0 Å². The van der Waals surface area contributed by atoms with E-state index >= 15 is 0 Å². The SMILES string of the molecule is CC(C)(C)[O][Cr+]([O]C(C)(C)C)[O]C(C)(C)C.[Cl-]. The molecule has 0 unspecified atom stereocenters. The summed E-state index contributed by atoms with van der Waals surface area (Å²) in [6, 6.07) is 0. The van der Waals surface area contributed by atoms with Crippen molar-refractivity contribution < 1.29 is 38.9 Å². The summed E-state index contributed by atoms with van der Waals surface area (Å²) in [6.45, 7) is 18.1. The van der Waals surface area contributed by atoms with Crippen molar-refractivity contribution in [2.75, 3.05) is 0 Å². The van der Waals surface area contributed by atoms with Crippen molar-refractivity contribution in [2.45, 2.75) is 79.1 Å². The predicted molar refractivity (Wildman–Crippen MR) is 62.5 cm³/mol. The molecule has 3 nitrogen and oxygen atoms in total. The molecular formula is C12H27ClCrO3. The summed E-state index contributed by atoms with van der Waals surface area (Å²) in [6.07, 6.45) is 0. The molecule has 0 spiro atoms. The minimum atomic E-state index is -1.96. The Kier molecular flexibility index (Phi) is 7.95. The Morgan fingerprint density at radius 3 is 0.824 bits per heavy atom. The van der Waals surface area contributed by atoms with E-state index in [9.17, 15) is 0 Å². The third-order valence-corrected chi connectivity index (χ3v) is 3.93. The molecule has 106 valence electrons. The summed E-state index contributed by atoms with van der Waals surface area (Å²) < 4.78 is 17.6. The van der Waals surface area contributed by atoms with E-state index in [-0.39, 0.29) is 29.2 Å². The molecule has 0 aromatic rings. The van der Waals surface area contributed by atoms with E-state index in [4.69, 9.17) is 11.4 Å². The van der Waals surface area contributed by atoms with E-state index in [0.717, 1.165) is 0 Å². The molecule has 0 aromatic carbocycles. The van der Waals surface area contributed by atoms with Gasteiger partial charge in [0.05, 0.1) is 0 Å². The number of halogens is 1. The largest absolute Gasteiger partial charge is 1.00 e. The summed E-state index contributed by atoms with van der Waals surface area (Å²) in [5.41, 5.74) is -0.705. The molecule has 0 atom stereocenters. The fourth-order valence-electron chi connectivity index (χ4n) is 0.663. The summed E-state index contributed by atoms with van der Waals surface area (Å²) in [5, 5.41) is 0. The smallest absolute Gasteiger partial charge is 1.00 e. The van der Waals surface area contributed by atoms with Gasteiger partial charge in [-0.15, -0.1) is 0 Å². The van der Waals surface area contributed by atoms with Gasteiger partial charge in [0.25, 0.3) is 0 Å². The second-order valence-electron chi connectivity index (χ2n) is 6.79. The number of hydrogen-bond acceptors (Lipinski definition) is 3. The van der Waals surface area contributed by atoms with Crippen LogP contribution >= 0.6 is 0 Å². The van der Waals surface area contributed by atoms with Gasteiger partial charge in [-0.1, -0.05) is 0 Å². The fraction of sp³-hybridized carbons (Fsp3) is 1.00. The van der Waals surface area contributed by atoms with E-state index in [0.29, 0.717) is 0 Å². The minimum Gasteiger partial charge on any atom is -1.00 e. The van der Waals surface area contributed by atoms with Crippen LogP contribution in [-0.4, -0.2) is 16.8 Å². The van der Waals surface area contributed by atoms with E-state index in [1.165, 1.54) is 0 Å². The monoisotopic (exact) mass is 306 g/mol. The van der Waals surface area contributed by atoms with Gasteiger partial charge in [0.2, 0.25) is 0 Å². The molecule has 0 radical (unpaired) electrons. The normalized spacial score (nSPS) is 13.8. The van der Waals surface area contributed by atoms with Crippen LogP contribution in [-0.2, 0) is 26.5 Å². The van der Waals surface area contributed by atoms with Crippen LogP contribution in [0.25, 0.3) is 0 Å². The maximum atomic E-state index is 5.87. The maximum Gasteiger partial charge on any atom is -1.00 e. The molecule has 0 fully saturated rings. The molecule has 17 heavy (non-hydrogen) atoms. The van der Waals surface area contributed by atoms with Gasteiger partial charge in [-0.05, 0) is 0 Å². The molecule has 0 rings (SSSR count). The molecule has 0 aromatic heterocycles. The average molecular weight is 307 g/mol. The summed E-state index contributed by atoms with van der Waals surface area (Å²) in [5.74, 6) is 0. The number of rotatable bonds is 3. The van der Waals surface area contributed by atoms with Crippen LogP contribution in [0.15, 0.2) is 0 Å². The van der Waals surface area contributed by atoms with Gasteiger partial charge in [0, 0.05) is 0 Å². The molecule has 0 aliphatic rings. The zero-order chi connectivity index (χ0) is 13.2. The molecule has 0 amide bonds. The predicted octanol–water partition coefficient (Wildman–Crippen LogP) is 0.799. The van der Waals surface area contributed by atoms with E-state index in [2.05, 4.69) is 0 Å². The Labute approximate surface area is 118 Å². The third-order valence-electron chi connectivity index (χ3n) is 0.954. The van der Waals surface area contributed by atoms with Gasteiger partial charge < -0.3 is 12.4 Å².